The average Bonchev–Trinajstić information content (AvgIpc) is 2.74. The maximum atomic E-state index is 12.5. The maximum absolute atomic E-state index is 12.5. The Morgan fingerprint density at radius 3 is 3.00 bits per heavy atom. The molecule has 0 aliphatic heterocycles. The number of halogens is 1. The molecule has 0 saturated heterocycles. The standard InChI is InChI=1S/C9H8FN5O/c10-8-2-1-7(3-12-8)14-9(16)4-15-6-11-5-13-15/h1-3,5-6H,4H2,(H,14,16). The van der Waals surface area contributed by atoms with Crippen LogP contribution in [0.5, 0.6) is 0 Å². The molecule has 82 valence electrons. The van der Waals surface area contributed by atoms with Gasteiger partial charge in [-0.25, -0.2) is 14.6 Å². The molecule has 0 spiro atoms. The van der Waals surface area contributed by atoms with Gasteiger partial charge in [0, 0.05) is 0 Å². The quantitative estimate of drug-likeness (QED) is 0.764. The van der Waals surface area contributed by atoms with Crippen LogP contribution in [0, 0.1) is 5.95 Å². The van der Waals surface area contributed by atoms with Crippen molar-refractivity contribution in [2.45, 2.75) is 6.54 Å². The predicted octanol–water partition coefficient (Wildman–Crippen LogP) is 0.451. The van der Waals surface area contributed by atoms with Crippen LogP contribution in [0.4, 0.5) is 10.1 Å². The van der Waals surface area contributed by atoms with E-state index in [0.717, 1.165) is 0 Å². The van der Waals surface area contributed by atoms with Gasteiger partial charge in [0.25, 0.3) is 0 Å². The molecular formula is C9H8FN5O. The van der Waals surface area contributed by atoms with Crippen molar-refractivity contribution >= 4 is 11.6 Å². The molecular weight excluding hydrogens is 213 g/mol. The van der Waals surface area contributed by atoms with E-state index in [1.807, 2.05) is 0 Å². The summed E-state index contributed by atoms with van der Waals surface area (Å²) in [6, 6.07) is 2.60. The number of carbonyl (C=O) groups is 1. The highest BCUT2D eigenvalue weighted by Gasteiger charge is 2.04. The fourth-order valence-electron chi connectivity index (χ4n) is 1.11. The molecule has 0 atom stereocenters. The number of hydrogen-bond acceptors (Lipinski definition) is 4. The summed E-state index contributed by atoms with van der Waals surface area (Å²) in [4.78, 5) is 18.6. The highest BCUT2D eigenvalue weighted by atomic mass is 19.1. The third-order valence-corrected chi connectivity index (χ3v) is 1.78. The molecule has 0 radical (unpaired) electrons. The molecule has 0 aliphatic rings. The zero-order valence-electron chi connectivity index (χ0n) is 8.17. The van der Waals surface area contributed by atoms with E-state index in [1.165, 1.54) is 35.7 Å². The Bertz CT molecular complexity index is 467. The summed E-state index contributed by atoms with van der Waals surface area (Å²) in [6.45, 7) is 0.0530. The average molecular weight is 221 g/mol. The summed E-state index contributed by atoms with van der Waals surface area (Å²) < 4.78 is 13.9. The Morgan fingerprint density at radius 2 is 2.38 bits per heavy atom. The van der Waals surface area contributed by atoms with Gasteiger partial charge in [0.15, 0.2) is 0 Å². The van der Waals surface area contributed by atoms with E-state index in [9.17, 15) is 9.18 Å². The van der Waals surface area contributed by atoms with Crippen molar-refractivity contribution in [1.29, 1.82) is 0 Å². The van der Waals surface area contributed by atoms with Gasteiger partial charge in [-0.05, 0) is 12.1 Å². The second-order valence-electron chi connectivity index (χ2n) is 3.01. The second kappa shape index (κ2) is 4.47. The largest absolute Gasteiger partial charge is 0.323 e. The number of rotatable bonds is 3. The number of anilines is 1. The third kappa shape index (κ3) is 2.59. The first-order valence-corrected chi connectivity index (χ1v) is 4.48. The van der Waals surface area contributed by atoms with Crippen LogP contribution in [-0.2, 0) is 11.3 Å². The Balaban J connectivity index is 1.95. The van der Waals surface area contributed by atoms with Gasteiger partial charge in [-0.3, -0.25) is 4.79 Å². The molecule has 0 unspecified atom stereocenters. The van der Waals surface area contributed by atoms with Crippen molar-refractivity contribution in [3.05, 3.63) is 36.9 Å². The Morgan fingerprint density at radius 1 is 1.50 bits per heavy atom. The molecule has 7 heteroatoms. The van der Waals surface area contributed by atoms with Gasteiger partial charge in [0.1, 0.15) is 19.2 Å². The molecule has 1 N–H and O–H groups in total. The van der Waals surface area contributed by atoms with Gasteiger partial charge >= 0.3 is 0 Å². The molecule has 0 aliphatic carbocycles. The monoisotopic (exact) mass is 221 g/mol. The summed E-state index contributed by atoms with van der Waals surface area (Å²) in [5.41, 5.74) is 0.437. The fraction of sp³-hybridized carbons (Fsp3) is 0.111. The molecule has 0 bridgehead atoms. The van der Waals surface area contributed by atoms with Crippen LogP contribution >= 0.6 is 0 Å². The van der Waals surface area contributed by atoms with Gasteiger partial charge in [-0.1, -0.05) is 0 Å². The molecule has 2 aromatic rings. The second-order valence-corrected chi connectivity index (χ2v) is 3.01. The smallest absolute Gasteiger partial charge is 0.246 e. The van der Waals surface area contributed by atoms with Crippen molar-refractivity contribution in [3.63, 3.8) is 0 Å². The number of aromatic nitrogens is 4. The minimum Gasteiger partial charge on any atom is -0.323 e. The Kier molecular flexibility index (Phi) is 2.86. The first-order valence-electron chi connectivity index (χ1n) is 4.48. The zero-order chi connectivity index (χ0) is 11.4. The molecule has 16 heavy (non-hydrogen) atoms. The van der Waals surface area contributed by atoms with Crippen LogP contribution < -0.4 is 5.32 Å². The lowest BCUT2D eigenvalue weighted by atomic mass is 10.4. The van der Waals surface area contributed by atoms with E-state index >= 15 is 0 Å². The first kappa shape index (κ1) is 10.2. The Labute approximate surface area is 90.1 Å². The van der Waals surface area contributed by atoms with E-state index < -0.39 is 5.95 Å². The van der Waals surface area contributed by atoms with Crippen LogP contribution in [0.3, 0.4) is 0 Å². The summed E-state index contributed by atoms with van der Waals surface area (Å²) >= 11 is 0. The molecule has 0 aromatic carbocycles. The molecule has 2 aromatic heterocycles. The number of hydrogen-bond donors (Lipinski definition) is 1. The summed E-state index contributed by atoms with van der Waals surface area (Å²) in [6.07, 6.45) is 4.02. The number of carbonyl (C=O) groups excluding carboxylic acids is 1. The van der Waals surface area contributed by atoms with Gasteiger partial charge in [-0.15, -0.1) is 0 Å². The van der Waals surface area contributed by atoms with Crippen molar-refractivity contribution in [3.8, 4) is 0 Å². The highest BCUT2D eigenvalue weighted by Crippen LogP contribution is 2.04. The third-order valence-electron chi connectivity index (χ3n) is 1.78. The van der Waals surface area contributed by atoms with E-state index in [-0.39, 0.29) is 12.5 Å². The maximum Gasteiger partial charge on any atom is 0.246 e. The minimum absolute atomic E-state index is 0.0530. The lowest BCUT2D eigenvalue weighted by Crippen LogP contribution is -2.19. The molecule has 2 heterocycles. The van der Waals surface area contributed by atoms with E-state index in [2.05, 4.69) is 20.4 Å². The van der Waals surface area contributed by atoms with Crippen molar-refractivity contribution in [2.24, 2.45) is 0 Å². The van der Waals surface area contributed by atoms with Crippen LogP contribution in [0.1, 0.15) is 0 Å². The molecule has 0 fully saturated rings. The Hall–Kier alpha value is -2.31. The topological polar surface area (TPSA) is 72.7 Å². The first-order chi connectivity index (χ1) is 7.74. The van der Waals surface area contributed by atoms with Gasteiger partial charge in [0.2, 0.25) is 11.9 Å². The van der Waals surface area contributed by atoms with Crippen molar-refractivity contribution in [2.75, 3.05) is 5.32 Å². The van der Waals surface area contributed by atoms with Crippen molar-refractivity contribution < 1.29 is 9.18 Å². The number of amides is 1. The van der Waals surface area contributed by atoms with Crippen LogP contribution in [0.2, 0.25) is 0 Å². The normalized spacial score (nSPS) is 10.1. The molecule has 1 amide bonds. The van der Waals surface area contributed by atoms with Crippen molar-refractivity contribution in [1.82, 2.24) is 19.7 Å². The number of pyridine rings is 1. The predicted molar refractivity (Wildman–Crippen MR) is 52.8 cm³/mol. The van der Waals surface area contributed by atoms with Crippen LogP contribution in [-0.4, -0.2) is 25.7 Å². The zero-order valence-corrected chi connectivity index (χ0v) is 8.17. The summed E-state index contributed by atoms with van der Waals surface area (Å²) in [5, 5.41) is 6.33. The van der Waals surface area contributed by atoms with Crippen LogP contribution in [0.15, 0.2) is 31.0 Å². The van der Waals surface area contributed by atoms with Crippen LogP contribution in [0.25, 0.3) is 0 Å². The number of nitrogens with zero attached hydrogens (tertiary/aromatic N) is 4. The van der Waals surface area contributed by atoms with E-state index in [1.54, 1.807) is 0 Å². The van der Waals surface area contributed by atoms with Gasteiger partial charge in [0.05, 0.1) is 11.9 Å². The fourth-order valence-corrected chi connectivity index (χ4v) is 1.11. The number of nitrogens with one attached hydrogen (secondary N) is 1. The molecule has 2 rings (SSSR count). The summed E-state index contributed by atoms with van der Waals surface area (Å²) in [5.74, 6) is -0.867. The highest BCUT2D eigenvalue weighted by molar-refractivity contribution is 5.90. The van der Waals surface area contributed by atoms with Gasteiger partial charge < -0.3 is 5.32 Å². The lowest BCUT2D eigenvalue weighted by Gasteiger charge is -2.03. The molecule has 6 nitrogen and oxygen atoms in total. The minimum atomic E-state index is -0.589. The van der Waals surface area contributed by atoms with E-state index in [0.29, 0.717) is 5.69 Å². The lowest BCUT2D eigenvalue weighted by molar-refractivity contribution is -0.116. The van der Waals surface area contributed by atoms with E-state index in [4.69, 9.17) is 0 Å². The molecule has 0 saturated carbocycles. The van der Waals surface area contributed by atoms with Gasteiger partial charge in [-0.2, -0.15) is 9.49 Å². The SMILES string of the molecule is O=C(Cn1cncn1)Nc1ccc(F)nc1. The summed E-state index contributed by atoms with van der Waals surface area (Å²) in [7, 11) is 0.